The van der Waals surface area contributed by atoms with Crippen molar-refractivity contribution in [3.63, 3.8) is 0 Å². The summed E-state index contributed by atoms with van der Waals surface area (Å²) in [6.45, 7) is 1.40. The van der Waals surface area contributed by atoms with Gasteiger partial charge in [-0.1, -0.05) is 12.1 Å². The van der Waals surface area contributed by atoms with Crippen LogP contribution in [0.25, 0.3) is 6.08 Å². The van der Waals surface area contributed by atoms with Crippen LogP contribution in [-0.4, -0.2) is 32.7 Å². The minimum absolute atomic E-state index is 0. The van der Waals surface area contributed by atoms with Crippen molar-refractivity contribution in [2.75, 3.05) is 26.8 Å². The first-order valence-electron chi connectivity index (χ1n) is 6.25. The molecule has 2 rings (SSSR count). The van der Waals surface area contributed by atoms with Gasteiger partial charge < -0.3 is 20.5 Å². The lowest BCUT2D eigenvalue weighted by molar-refractivity contribution is -0.117. The molecule has 0 atom stereocenters. The highest BCUT2D eigenvalue weighted by atomic mass is 35.5. The summed E-state index contributed by atoms with van der Waals surface area (Å²) < 4.78 is 10.8. The summed E-state index contributed by atoms with van der Waals surface area (Å²) in [4.78, 5) is 11.9. The second kappa shape index (κ2) is 7.77. The first-order valence-corrected chi connectivity index (χ1v) is 6.25. The van der Waals surface area contributed by atoms with Gasteiger partial charge in [-0.25, -0.2) is 0 Å². The number of rotatable bonds is 5. The van der Waals surface area contributed by atoms with Crippen LogP contribution >= 0.6 is 12.4 Å². The zero-order chi connectivity index (χ0) is 13.7. The number of nitrogens with two attached hydrogens (primary N) is 1. The molecule has 0 saturated carbocycles. The fraction of sp³-hybridized carbons (Fsp3) is 0.357. The Morgan fingerprint density at radius 1 is 1.50 bits per heavy atom. The van der Waals surface area contributed by atoms with Crippen molar-refractivity contribution >= 4 is 24.4 Å². The molecule has 1 amide bonds. The Kier molecular flexibility index (Phi) is 6.35. The summed E-state index contributed by atoms with van der Waals surface area (Å²) in [7, 11) is 1.59. The molecule has 0 radical (unpaired) electrons. The fourth-order valence-electron chi connectivity index (χ4n) is 1.89. The third-order valence-electron chi connectivity index (χ3n) is 2.89. The molecule has 1 aromatic rings. The van der Waals surface area contributed by atoms with Crippen LogP contribution in [-0.2, 0) is 4.79 Å². The van der Waals surface area contributed by atoms with Crippen molar-refractivity contribution in [1.82, 2.24) is 5.32 Å². The number of hydrogen-bond donors (Lipinski definition) is 2. The Balaban J connectivity index is 0.00000200. The predicted octanol–water partition coefficient (Wildman–Crippen LogP) is 1.36. The van der Waals surface area contributed by atoms with Gasteiger partial charge >= 0.3 is 0 Å². The van der Waals surface area contributed by atoms with Gasteiger partial charge in [-0.05, 0) is 25.1 Å². The molecule has 6 heteroatoms. The van der Waals surface area contributed by atoms with Gasteiger partial charge in [0, 0.05) is 12.1 Å². The molecule has 1 aliphatic rings. The van der Waals surface area contributed by atoms with Crippen molar-refractivity contribution < 1.29 is 14.3 Å². The highest BCUT2D eigenvalue weighted by Crippen LogP contribution is 2.35. The molecule has 1 aromatic carbocycles. The second-order valence-electron chi connectivity index (χ2n) is 4.24. The number of nitrogens with one attached hydrogen (secondary N) is 1. The lowest BCUT2D eigenvalue weighted by Gasteiger charge is -2.19. The van der Waals surface area contributed by atoms with Crippen molar-refractivity contribution in [2.24, 2.45) is 5.73 Å². The zero-order valence-corrected chi connectivity index (χ0v) is 12.2. The van der Waals surface area contributed by atoms with E-state index < -0.39 is 0 Å². The van der Waals surface area contributed by atoms with Crippen molar-refractivity contribution in [3.05, 3.63) is 29.3 Å². The van der Waals surface area contributed by atoms with Gasteiger partial charge in [0.1, 0.15) is 6.61 Å². The average Bonchev–Trinajstić information content (AvgIpc) is 2.46. The van der Waals surface area contributed by atoms with Gasteiger partial charge in [0.25, 0.3) is 5.91 Å². The quantitative estimate of drug-likeness (QED) is 0.805. The number of ether oxygens (including phenoxy) is 2. The van der Waals surface area contributed by atoms with Gasteiger partial charge in [0.2, 0.25) is 0 Å². The zero-order valence-electron chi connectivity index (χ0n) is 11.3. The topological polar surface area (TPSA) is 73.6 Å². The van der Waals surface area contributed by atoms with Crippen LogP contribution < -0.4 is 20.5 Å². The number of amides is 1. The van der Waals surface area contributed by atoms with Crippen molar-refractivity contribution in [3.8, 4) is 11.5 Å². The molecule has 0 aromatic heterocycles. The highest BCUT2D eigenvalue weighted by Gasteiger charge is 2.19. The summed E-state index contributed by atoms with van der Waals surface area (Å²) in [5.41, 5.74) is 6.85. The van der Waals surface area contributed by atoms with Crippen LogP contribution in [0.15, 0.2) is 23.8 Å². The standard InChI is InChI=1S/C14H18N2O3.ClH/c1-18-12-5-2-4-10-8-11(9-19-13(10)12)14(17)16-7-3-6-15;/h2,4-5,8H,3,6-7,9,15H2,1H3,(H,16,17);1H. The van der Waals surface area contributed by atoms with E-state index in [1.54, 1.807) is 7.11 Å². The minimum atomic E-state index is -0.109. The monoisotopic (exact) mass is 298 g/mol. The Morgan fingerprint density at radius 3 is 3.00 bits per heavy atom. The molecule has 0 aliphatic carbocycles. The summed E-state index contributed by atoms with van der Waals surface area (Å²) in [6, 6.07) is 5.59. The Bertz CT molecular complexity index is 503. The molecular weight excluding hydrogens is 280 g/mol. The predicted molar refractivity (Wildman–Crippen MR) is 80.4 cm³/mol. The van der Waals surface area contributed by atoms with E-state index in [9.17, 15) is 4.79 Å². The Morgan fingerprint density at radius 2 is 2.30 bits per heavy atom. The lowest BCUT2D eigenvalue weighted by Crippen LogP contribution is -2.30. The average molecular weight is 299 g/mol. The normalized spacial score (nSPS) is 12.4. The number of carbonyl (C=O) groups is 1. The number of hydrogen-bond acceptors (Lipinski definition) is 4. The van der Waals surface area contributed by atoms with E-state index in [2.05, 4.69) is 5.32 Å². The molecule has 0 bridgehead atoms. The fourth-order valence-corrected chi connectivity index (χ4v) is 1.89. The third-order valence-corrected chi connectivity index (χ3v) is 2.89. The van der Waals surface area contributed by atoms with Crippen LogP contribution in [0.4, 0.5) is 0 Å². The maximum absolute atomic E-state index is 11.9. The van der Waals surface area contributed by atoms with Gasteiger partial charge in [0.15, 0.2) is 11.5 Å². The molecule has 0 saturated heterocycles. The van der Waals surface area contributed by atoms with E-state index in [0.29, 0.717) is 30.2 Å². The van der Waals surface area contributed by atoms with Crippen molar-refractivity contribution in [1.29, 1.82) is 0 Å². The summed E-state index contributed by atoms with van der Waals surface area (Å²) in [6.07, 6.45) is 2.60. The summed E-state index contributed by atoms with van der Waals surface area (Å²) in [5.74, 6) is 1.25. The van der Waals surface area contributed by atoms with Gasteiger partial charge in [-0.3, -0.25) is 4.79 Å². The number of para-hydroxylation sites is 1. The maximum Gasteiger partial charge on any atom is 0.250 e. The van der Waals surface area contributed by atoms with Crippen LogP contribution in [0.5, 0.6) is 11.5 Å². The summed E-state index contributed by atoms with van der Waals surface area (Å²) >= 11 is 0. The molecule has 1 heterocycles. The van der Waals surface area contributed by atoms with E-state index in [-0.39, 0.29) is 24.9 Å². The molecule has 20 heavy (non-hydrogen) atoms. The first kappa shape index (κ1) is 16.3. The van der Waals surface area contributed by atoms with Crippen LogP contribution in [0.2, 0.25) is 0 Å². The lowest BCUT2D eigenvalue weighted by atomic mass is 10.1. The van der Waals surface area contributed by atoms with Gasteiger partial charge in [-0.15, -0.1) is 12.4 Å². The molecule has 1 aliphatic heterocycles. The van der Waals surface area contributed by atoms with Crippen LogP contribution in [0, 0.1) is 0 Å². The number of halogens is 1. The molecule has 0 fully saturated rings. The molecule has 3 N–H and O–H groups in total. The van der Waals surface area contributed by atoms with E-state index in [0.717, 1.165) is 12.0 Å². The molecule has 0 unspecified atom stereocenters. The molecule has 110 valence electrons. The number of fused-ring (bicyclic) bond motifs is 1. The van der Waals surface area contributed by atoms with Crippen molar-refractivity contribution in [2.45, 2.75) is 6.42 Å². The number of methoxy groups -OCH3 is 1. The van der Waals surface area contributed by atoms with Crippen LogP contribution in [0.3, 0.4) is 0 Å². The maximum atomic E-state index is 11.9. The highest BCUT2D eigenvalue weighted by molar-refractivity contribution is 5.99. The number of carbonyl (C=O) groups excluding carboxylic acids is 1. The smallest absolute Gasteiger partial charge is 0.250 e. The Labute approximate surface area is 124 Å². The molecule has 5 nitrogen and oxygen atoms in total. The molecular formula is C14H19ClN2O3. The van der Waals surface area contributed by atoms with Crippen LogP contribution in [0.1, 0.15) is 12.0 Å². The van der Waals surface area contributed by atoms with Gasteiger partial charge in [-0.2, -0.15) is 0 Å². The SMILES string of the molecule is COc1cccc2c1OCC(C(=O)NCCCN)=C2.Cl. The third kappa shape index (κ3) is 3.65. The first-order chi connectivity index (χ1) is 9.26. The van der Waals surface area contributed by atoms with E-state index in [1.165, 1.54) is 0 Å². The van der Waals surface area contributed by atoms with E-state index in [4.69, 9.17) is 15.2 Å². The largest absolute Gasteiger partial charge is 0.493 e. The second-order valence-corrected chi connectivity index (χ2v) is 4.24. The molecule has 0 spiro atoms. The summed E-state index contributed by atoms with van der Waals surface area (Å²) in [5, 5.41) is 2.81. The van der Waals surface area contributed by atoms with Gasteiger partial charge in [0.05, 0.1) is 12.7 Å². The van der Waals surface area contributed by atoms with E-state index >= 15 is 0 Å². The van der Waals surface area contributed by atoms with E-state index in [1.807, 2.05) is 24.3 Å². The Hall–Kier alpha value is -1.72. The number of benzene rings is 1. The minimum Gasteiger partial charge on any atom is -0.493 e.